The number of benzene rings is 2. The Balaban J connectivity index is 1.68. The van der Waals surface area contributed by atoms with Gasteiger partial charge in [-0.25, -0.2) is 4.98 Å². The van der Waals surface area contributed by atoms with Crippen molar-refractivity contribution in [3.8, 4) is 6.07 Å². The smallest absolute Gasteiger partial charge is 0.172 e. The SMILES string of the molecule is Cn1ccnc1Sc1ccc(Nc2c(C#N)cnc3ccccc23)cc1Cl. The number of nitrogens with zero attached hydrogens (tertiary/aromatic N) is 4. The molecule has 0 spiro atoms. The van der Waals surface area contributed by atoms with Crippen LogP contribution in [-0.4, -0.2) is 14.5 Å². The summed E-state index contributed by atoms with van der Waals surface area (Å²) in [7, 11) is 1.94. The van der Waals surface area contributed by atoms with Crippen LogP contribution in [0.4, 0.5) is 11.4 Å². The van der Waals surface area contributed by atoms with Crippen LogP contribution in [0, 0.1) is 11.3 Å². The minimum Gasteiger partial charge on any atom is -0.354 e. The van der Waals surface area contributed by atoms with Crippen LogP contribution in [0.5, 0.6) is 0 Å². The fourth-order valence-corrected chi connectivity index (χ4v) is 3.82. The van der Waals surface area contributed by atoms with E-state index in [0.29, 0.717) is 10.6 Å². The zero-order valence-corrected chi connectivity index (χ0v) is 15.9. The van der Waals surface area contributed by atoms with Crippen LogP contribution >= 0.6 is 23.4 Å². The van der Waals surface area contributed by atoms with Crippen LogP contribution in [-0.2, 0) is 7.05 Å². The van der Waals surface area contributed by atoms with Crippen molar-refractivity contribution in [1.29, 1.82) is 5.26 Å². The summed E-state index contributed by atoms with van der Waals surface area (Å²) < 4.78 is 1.94. The van der Waals surface area contributed by atoms with Crippen molar-refractivity contribution < 1.29 is 0 Å². The van der Waals surface area contributed by atoms with Gasteiger partial charge in [-0.05, 0) is 24.3 Å². The Labute approximate surface area is 165 Å². The Hall–Kier alpha value is -3.01. The van der Waals surface area contributed by atoms with Gasteiger partial charge in [0.25, 0.3) is 0 Å². The van der Waals surface area contributed by atoms with Gasteiger partial charge in [0.2, 0.25) is 0 Å². The molecule has 2 aromatic heterocycles. The number of aromatic nitrogens is 3. The molecule has 27 heavy (non-hydrogen) atoms. The number of halogens is 1. The van der Waals surface area contributed by atoms with Crippen molar-refractivity contribution in [3.63, 3.8) is 0 Å². The normalized spacial score (nSPS) is 10.7. The Morgan fingerprint density at radius 2 is 2.04 bits per heavy atom. The monoisotopic (exact) mass is 391 g/mol. The van der Waals surface area contributed by atoms with E-state index in [0.717, 1.165) is 32.3 Å². The number of aryl methyl sites for hydroxylation is 1. The third-order valence-corrected chi connectivity index (χ3v) is 5.65. The average molecular weight is 392 g/mol. The predicted octanol–water partition coefficient (Wildman–Crippen LogP) is 5.39. The Bertz CT molecular complexity index is 1180. The summed E-state index contributed by atoms with van der Waals surface area (Å²) in [5, 5.41) is 15.2. The number of anilines is 2. The van der Waals surface area contributed by atoms with E-state index in [-0.39, 0.29) is 0 Å². The fourth-order valence-electron chi connectivity index (χ4n) is 2.72. The molecule has 0 bridgehead atoms. The number of imidazole rings is 1. The van der Waals surface area contributed by atoms with Crippen LogP contribution in [0.1, 0.15) is 5.56 Å². The summed E-state index contributed by atoms with van der Waals surface area (Å²) in [6.07, 6.45) is 5.23. The molecule has 0 aliphatic heterocycles. The minimum absolute atomic E-state index is 0.483. The van der Waals surface area contributed by atoms with Gasteiger partial charge in [0.15, 0.2) is 5.16 Å². The van der Waals surface area contributed by atoms with Crippen molar-refractivity contribution in [2.24, 2.45) is 7.05 Å². The lowest BCUT2D eigenvalue weighted by Gasteiger charge is -2.13. The number of para-hydroxylation sites is 1. The highest BCUT2D eigenvalue weighted by Gasteiger charge is 2.11. The molecule has 0 saturated heterocycles. The van der Waals surface area contributed by atoms with Crippen LogP contribution in [0.3, 0.4) is 0 Å². The van der Waals surface area contributed by atoms with Crippen LogP contribution < -0.4 is 5.32 Å². The van der Waals surface area contributed by atoms with Crippen molar-refractivity contribution in [1.82, 2.24) is 14.5 Å². The molecule has 5 nitrogen and oxygen atoms in total. The molecule has 0 atom stereocenters. The first-order valence-corrected chi connectivity index (χ1v) is 9.35. The summed E-state index contributed by atoms with van der Waals surface area (Å²) in [5.74, 6) is 0. The van der Waals surface area contributed by atoms with Gasteiger partial charge in [0.1, 0.15) is 6.07 Å². The van der Waals surface area contributed by atoms with Crippen molar-refractivity contribution in [2.75, 3.05) is 5.32 Å². The molecule has 0 unspecified atom stereocenters. The highest BCUT2D eigenvalue weighted by molar-refractivity contribution is 7.99. The van der Waals surface area contributed by atoms with Crippen molar-refractivity contribution >= 4 is 45.6 Å². The average Bonchev–Trinajstić information content (AvgIpc) is 3.09. The van der Waals surface area contributed by atoms with E-state index in [1.54, 1.807) is 12.4 Å². The number of nitrogens with one attached hydrogen (secondary N) is 1. The number of rotatable bonds is 4. The summed E-state index contributed by atoms with van der Waals surface area (Å²) in [6.45, 7) is 0. The molecule has 4 aromatic rings. The first-order valence-electron chi connectivity index (χ1n) is 8.15. The van der Waals surface area contributed by atoms with Gasteiger partial charge in [0.05, 0.1) is 21.8 Å². The summed E-state index contributed by atoms with van der Waals surface area (Å²) >= 11 is 7.98. The van der Waals surface area contributed by atoms with Gasteiger partial charge in [-0.1, -0.05) is 41.6 Å². The molecular formula is C20H14ClN5S. The molecule has 0 radical (unpaired) electrons. The number of pyridine rings is 1. The fraction of sp³-hybridized carbons (Fsp3) is 0.0500. The van der Waals surface area contributed by atoms with E-state index < -0.39 is 0 Å². The Kier molecular flexibility index (Phi) is 4.71. The third kappa shape index (κ3) is 3.47. The van der Waals surface area contributed by atoms with Crippen molar-refractivity contribution in [2.45, 2.75) is 10.1 Å². The zero-order valence-electron chi connectivity index (χ0n) is 14.3. The summed E-state index contributed by atoms with van der Waals surface area (Å²) in [5.41, 5.74) is 2.84. The Morgan fingerprint density at radius 3 is 2.78 bits per heavy atom. The lowest BCUT2D eigenvalue weighted by molar-refractivity contribution is 0.790. The number of fused-ring (bicyclic) bond motifs is 1. The van der Waals surface area contributed by atoms with E-state index >= 15 is 0 Å². The van der Waals surface area contributed by atoms with Gasteiger partial charge in [-0.3, -0.25) is 4.98 Å². The quantitative estimate of drug-likeness (QED) is 0.505. The van der Waals surface area contributed by atoms with Gasteiger partial charge in [-0.15, -0.1) is 0 Å². The van der Waals surface area contributed by atoms with Crippen LogP contribution in [0.15, 0.2) is 71.1 Å². The molecule has 2 aromatic carbocycles. The maximum absolute atomic E-state index is 9.46. The highest BCUT2D eigenvalue weighted by atomic mass is 35.5. The standard InChI is InChI=1S/C20H14ClN5S/c1-26-9-8-23-20(26)27-18-7-6-14(10-16(18)21)25-19-13(11-22)12-24-17-5-3-2-4-15(17)19/h2-10,12H,1H3,(H,24,25). The van der Waals surface area contributed by atoms with Gasteiger partial charge in [-0.2, -0.15) is 5.26 Å². The lowest BCUT2D eigenvalue weighted by atomic mass is 10.1. The Morgan fingerprint density at radius 1 is 1.19 bits per heavy atom. The van der Waals surface area contributed by atoms with E-state index in [1.807, 2.05) is 60.3 Å². The van der Waals surface area contributed by atoms with Gasteiger partial charge in [0, 0.05) is 41.6 Å². The van der Waals surface area contributed by atoms with Gasteiger partial charge < -0.3 is 9.88 Å². The second kappa shape index (κ2) is 7.31. The van der Waals surface area contributed by atoms with Crippen LogP contribution in [0.2, 0.25) is 5.02 Å². The number of hydrogen-bond acceptors (Lipinski definition) is 5. The molecule has 2 heterocycles. The topological polar surface area (TPSA) is 66.5 Å². The number of hydrogen-bond donors (Lipinski definition) is 1. The van der Waals surface area contributed by atoms with E-state index in [9.17, 15) is 5.26 Å². The molecule has 0 saturated carbocycles. The zero-order chi connectivity index (χ0) is 18.8. The molecule has 4 rings (SSSR count). The maximum atomic E-state index is 9.46. The molecule has 0 amide bonds. The molecule has 0 fully saturated rings. The van der Waals surface area contributed by atoms with E-state index in [1.165, 1.54) is 11.8 Å². The second-order valence-electron chi connectivity index (χ2n) is 5.87. The summed E-state index contributed by atoms with van der Waals surface area (Å²) in [6, 6.07) is 15.6. The van der Waals surface area contributed by atoms with Gasteiger partial charge >= 0.3 is 0 Å². The maximum Gasteiger partial charge on any atom is 0.172 e. The molecule has 0 aliphatic rings. The number of nitriles is 1. The predicted molar refractivity (Wildman–Crippen MR) is 109 cm³/mol. The molecule has 7 heteroatoms. The minimum atomic E-state index is 0.483. The largest absolute Gasteiger partial charge is 0.354 e. The molecule has 132 valence electrons. The molecular weight excluding hydrogens is 378 g/mol. The third-order valence-electron chi connectivity index (χ3n) is 4.08. The highest BCUT2D eigenvalue weighted by Crippen LogP contribution is 2.35. The second-order valence-corrected chi connectivity index (χ2v) is 7.29. The summed E-state index contributed by atoms with van der Waals surface area (Å²) in [4.78, 5) is 9.56. The van der Waals surface area contributed by atoms with Crippen molar-refractivity contribution in [3.05, 3.63) is 71.6 Å². The van der Waals surface area contributed by atoms with E-state index in [2.05, 4.69) is 21.4 Å². The first kappa shape index (κ1) is 17.4. The lowest BCUT2D eigenvalue weighted by Crippen LogP contribution is -1.97. The van der Waals surface area contributed by atoms with Crippen LogP contribution in [0.25, 0.3) is 10.9 Å². The van der Waals surface area contributed by atoms with E-state index in [4.69, 9.17) is 11.6 Å². The molecule has 0 aliphatic carbocycles. The molecule has 1 N–H and O–H groups in total. The first-order chi connectivity index (χ1) is 13.2.